The van der Waals surface area contributed by atoms with Gasteiger partial charge in [-0.3, -0.25) is 9.59 Å². The number of fused-ring (bicyclic) bond motifs is 1. The van der Waals surface area contributed by atoms with Crippen molar-refractivity contribution in [1.82, 2.24) is 30.4 Å². The van der Waals surface area contributed by atoms with Gasteiger partial charge in [0.25, 0.3) is 11.5 Å². The minimum Gasteiger partial charge on any atom is -0.348 e. The highest BCUT2D eigenvalue weighted by Gasteiger charge is 2.33. The van der Waals surface area contributed by atoms with Crippen molar-refractivity contribution in [3.63, 3.8) is 0 Å². The van der Waals surface area contributed by atoms with Crippen LogP contribution in [0.25, 0.3) is 16.6 Å². The van der Waals surface area contributed by atoms with Gasteiger partial charge in [0.05, 0.1) is 22.8 Å². The van der Waals surface area contributed by atoms with Crippen molar-refractivity contribution in [2.45, 2.75) is 98.3 Å². The highest BCUT2D eigenvalue weighted by atomic mass is 16.1. The van der Waals surface area contributed by atoms with E-state index in [-0.39, 0.29) is 41.0 Å². The Morgan fingerprint density at radius 3 is 2.49 bits per heavy atom. The second-order valence-electron chi connectivity index (χ2n) is 12.1. The predicted octanol–water partition coefficient (Wildman–Crippen LogP) is 5.00. The van der Waals surface area contributed by atoms with Gasteiger partial charge in [-0.25, -0.2) is 9.67 Å². The van der Waals surface area contributed by atoms with Gasteiger partial charge in [0.1, 0.15) is 0 Å². The fourth-order valence-corrected chi connectivity index (χ4v) is 5.53. The molecule has 1 aliphatic rings. The fourth-order valence-electron chi connectivity index (χ4n) is 5.53. The van der Waals surface area contributed by atoms with E-state index >= 15 is 0 Å². The number of nitrogens with one attached hydrogen (secondary N) is 3. The molecule has 0 saturated carbocycles. The molecule has 8 nitrogen and oxygen atoms in total. The lowest BCUT2D eigenvalue weighted by Crippen LogP contribution is -2.53. The monoisotopic (exact) mass is 504 g/mol. The van der Waals surface area contributed by atoms with E-state index in [9.17, 15) is 9.59 Å². The van der Waals surface area contributed by atoms with Gasteiger partial charge >= 0.3 is 0 Å². The number of pyridine rings is 2. The number of carbonyl (C=O) groups excluding carboxylic acids is 1. The topological polar surface area (TPSA) is 105 Å². The first-order valence-electron chi connectivity index (χ1n) is 13.1. The van der Waals surface area contributed by atoms with Crippen LogP contribution < -0.4 is 16.2 Å². The number of carbonyl (C=O) groups is 1. The van der Waals surface area contributed by atoms with Crippen molar-refractivity contribution in [2.24, 2.45) is 0 Å². The summed E-state index contributed by atoms with van der Waals surface area (Å²) in [5.41, 5.74) is 4.91. The second kappa shape index (κ2) is 9.56. The smallest absolute Gasteiger partial charge is 0.253 e. The van der Waals surface area contributed by atoms with Crippen LogP contribution in [0.3, 0.4) is 0 Å². The maximum Gasteiger partial charge on any atom is 0.253 e. The number of aryl methyl sites for hydroxylation is 1. The molecule has 0 radical (unpaired) electrons. The van der Waals surface area contributed by atoms with Crippen LogP contribution in [-0.2, 0) is 6.54 Å². The first-order chi connectivity index (χ1) is 17.2. The largest absolute Gasteiger partial charge is 0.348 e. The summed E-state index contributed by atoms with van der Waals surface area (Å²) in [5.74, 6) is -0.0883. The third-order valence-corrected chi connectivity index (χ3v) is 6.81. The Kier molecular flexibility index (Phi) is 6.92. The number of rotatable bonds is 6. The number of aromatic nitrogens is 4. The third kappa shape index (κ3) is 5.54. The van der Waals surface area contributed by atoms with Crippen molar-refractivity contribution in [2.75, 3.05) is 0 Å². The number of hydrogen-bond acceptors (Lipinski definition) is 5. The van der Waals surface area contributed by atoms with E-state index in [2.05, 4.69) is 54.5 Å². The van der Waals surface area contributed by atoms with Gasteiger partial charge in [-0.2, -0.15) is 5.10 Å². The molecule has 3 aromatic rings. The Balaban J connectivity index is 1.78. The Labute approximate surface area is 219 Å². The van der Waals surface area contributed by atoms with Crippen LogP contribution in [-0.4, -0.2) is 36.7 Å². The molecule has 37 heavy (non-hydrogen) atoms. The SMILES string of the molecule is Cc1cc(C(C)C)c(CNC(=O)c2cc(C3=CC(C)(C)NC(C)(C)C3)nc3c2cnn3C(C)C)c(=O)[nH]1. The molecule has 4 rings (SSSR count). The van der Waals surface area contributed by atoms with Crippen molar-refractivity contribution >= 4 is 22.5 Å². The van der Waals surface area contributed by atoms with E-state index in [0.29, 0.717) is 22.2 Å². The molecule has 0 saturated heterocycles. The lowest BCUT2D eigenvalue weighted by molar-refractivity contribution is 0.0952. The molecule has 0 aliphatic carbocycles. The standard InChI is InChI=1S/C29H40N6O2/c1-16(2)20-10-18(5)32-27(37)23(20)14-30-26(36)21-11-24(19-12-28(6,7)34-29(8,9)13-19)33-25-22(21)15-31-35(25)17(3)4/h10-12,15-17,34H,13-14H2,1-9H3,(H,30,36)(H,32,37). The van der Waals surface area contributed by atoms with Crippen molar-refractivity contribution in [1.29, 1.82) is 0 Å². The van der Waals surface area contributed by atoms with Crippen LogP contribution in [0.5, 0.6) is 0 Å². The summed E-state index contributed by atoms with van der Waals surface area (Å²) in [6, 6.07) is 3.94. The van der Waals surface area contributed by atoms with Crippen LogP contribution in [0, 0.1) is 6.92 Å². The molecule has 8 heteroatoms. The Morgan fingerprint density at radius 2 is 1.86 bits per heavy atom. The van der Waals surface area contributed by atoms with Crippen LogP contribution in [0.15, 0.2) is 29.2 Å². The molecular formula is C29H40N6O2. The van der Waals surface area contributed by atoms with Gasteiger partial charge in [-0.05, 0) is 84.1 Å². The highest BCUT2D eigenvalue weighted by Crippen LogP contribution is 2.34. The molecule has 0 fully saturated rings. The van der Waals surface area contributed by atoms with Crippen LogP contribution in [0.1, 0.15) is 107 Å². The molecule has 0 bridgehead atoms. The predicted molar refractivity (Wildman–Crippen MR) is 149 cm³/mol. The molecule has 1 amide bonds. The van der Waals surface area contributed by atoms with E-state index < -0.39 is 0 Å². The minimum absolute atomic E-state index is 0.0887. The normalized spacial score (nSPS) is 16.9. The molecule has 0 aromatic carbocycles. The first kappa shape index (κ1) is 26.8. The zero-order valence-corrected chi connectivity index (χ0v) is 23.5. The molecule has 0 spiro atoms. The number of hydrogen-bond donors (Lipinski definition) is 3. The van der Waals surface area contributed by atoms with E-state index in [0.717, 1.165) is 28.9 Å². The van der Waals surface area contributed by atoms with Crippen LogP contribution in [0.2, 0.25) is 0 Å². The van der Waals surface area contributed by atoms with Gasteiger partial charge in [0, 0.05) is 34.9 Å². The molecule has 198 valence electrons. The van der Waals surface area contributed by atoms with E-state index in [4.69, 9.17) is 4.98 Å². The van der Waals surface area contributed by atoms with Gasteiger partial charge in [-0.1, -0.05) is 19.9 Å². The molecule has 0 unspecified atom stereocenters. The Morgan fingerprint density at radius 1 is 1.16 bits per heavy atom. The van der Waals surface area contributed by atoms with Crippen molar-refractivity contribution < 1.29 is 4.79 Å². The molecule has 3 N–H and O–H groups in total. The van der Waals surface area contributed by atoms with Crippen LogP contribution in [0.4, 0.5) is 0 Å². The van der Waals surface area contributed by atoms with E-state index in [1.807, 2.05) is 51.4 Å². The van der Waals surface area contributed by atoms with Gasteiger partial charge in [-0.15, -0.1) is 0 Å². The quantitative estimate of drug-likeness (QED) is 0.438. The van der Waals surface area contributed by atoms with E-state index in [1.165, 1.54) is 0 Å². The second-order valence-corrected chi connectivity index (χ2v) is 12.1. The van der Waals surface area contributed by atoms with Gasteiger partial charge in [0.2, 0.25) is 0 Å². The van der Waals surface area contributed by atoms with Gasteiger partial charge in [0.15, 0.2) is 5.65 Å². The number of amides is 1. The third-order valence-electron chi connectivity index (χ3n) is 6.81. The number of H-pyrrole nitrogens is 1. The van der Waals surface area contributed by atoms with Crippen molar-refractivity contribution in [3.8, 4) is 0 Å². The van der Waals surface area contributed by atoms with Crippen LogP contribution >= 0.6 is 0 Å². The fraction of sp³-hybridized carbons (Fsp3) is 0.517. The average Bonchev–Trinajstić information content (AvgIpc) is 3.19. The summed E-state index contributed by atoms with van der Waals surface area (Å²) in [5, 5.41) is 11.9. The Hall–Kier alpha value is -3.26. The van der Waals surface area contributed by atoms with Crippen molar-refractivity contribution in [3.05, 3.63) is 62.8 Å². The summed E-state index contributed by atoms with van der Waals surface area (Å²) >= 11 is 0. The average molecular weight is 505 g/mol. The van der Waals surface area contributed by atoms with Gasteiger partial charge < -0.3 is 15.6 Å². The molecule has 1 aliphatic heterocycles. The molecule has 3 aromatic heterocycles. The summed E-state index contributed by atoms with van der Waals surface area (Å²) in [7, 11) is 0. The molecule has 0 atom stereocenters. The summed E-state index contributed by atoms with van der Waals surface area (Å²) in [6.07, 6.45) is 4.69. The zero-order chi connectivity index (χ0) is 27.3. The van der Waals surface area contributed by atoms with E-state index in [1.54, 1.807) is 6.20 Å². The molecular weight excluding hydrogens is 464 g/mol. The Bertz CT molecular complexity index is 1440. The zero-order valence-electron chi connectivity index (χ0n) is 23.5. The summed E-state index contributed by atoms with van der Waals surface area (Å²) in [6.45, 7) is 18.9. The maximum atomic E-state index is 13.6. The lowest BCUT2D eigenvalue weighted by Gasteiger charge is -2.41. The molecule has 4 heterocycles. The number of aromatic amines is 1. The minimum atomic E-state index is -0.250. The number of nitrogens with zero attached hydrogens (tertiary/aromatic N) is 3. The first-order valence-corrected chi connectivity index (χ1v) is 13.1. The maximum absolute atomic E-state index is 13.6. The lowest BCUT2D eigenvalue weighted by atomic mass is 9.82. The summed E-state index contributed by atoms with van der Waals surface area (Å²) < 4.78 is 1.86. The highest BCUT2D eigenvalue weighted by molar-refractivity contribution is 6.06. The summed E-state index contributed by atoms with van der Waals surface area (Å²) in [4.78, 5) is 34.3.